The highest BCUT2D eigenvalue weighted by atomic mass is 16.4. The van der Waals surface area contributed by atoms with E-state index in [0.29, 0.717) is 17.5 Å². The van der Waals surface area contributed by atoms with Crippen LogP contribution in [0.5, 0.6) is 0 Å². The minimum absolute atomic E-state index is 0.374. The van der Waals surface area contributed by atoms with E-state index in [-0.39, 0.29) is 0 Å². The number of carboxylic acids is 1. The Labute approximate surface area is 107 Å². The summed E-state index contributed by atoms with van der Waals surface area (Å²) in [4.78, 5) is 11.4. The van der Waals surface area contributed by atoms with Crippen LogP contribution in [-0.2, 0) is 0 Å². The van der Waals surface area contributed by atoms with Gasteiger partial charge < -0.3 is 5.11 Å². The van der Waals surface area contributed by atoms with E-state index in [2.05, 4.69) is 5.10 Å². The molecule has 0 radical (unpaired) electrons. The minimum Gasteiger partial charge on any atom is -0.478 e. The number of carboxylic acid groups (broad SMARTS) is 1. The largest absolute Gasteiger partial charge is 0.478 e. The lowest BCUT2D eigenvalue weighted by Crippen LogP contribution is -2.06. The second kappa shape index (κ2) is 4.75. The average Bonchev–Trinajstić information content (AvgIpc) is 3.10. The summed E-state index contributed by atoms with van der Waals surface area (Å²) >= 11 is 0. The van der Waals surface area contributed by atoms with E-state index in [9.17, 15) is 9.90 Å². The summed E-state index contributed by atoms with van der Waals surface area (Å²) < 4.78 is 1.93. The highest BCUT2D eigenvalue weighted by Crippen LogP contribution is 2.36. The van der Waals surface area contributed by atoms with E-state index >= 15 is 0 Å². The van der Waals surface area contributed by atoms with Crippen molar-refractivity contribution in [1.29, 1.82) is 0 Å². The number of aromatic nitrogens is 2. The maximum Gasteiger partial charge on any atom is 0.339 e. The molecule has 1 aromatic heterocycles. The number of rotatable bonds is 3. The van der Waals surface area contributed by atoms with Gasteiger partial charge in [-0.3, -0.25) is 4.68 Å². The molecule has 0 bridgehead atoms. The minimum atomic E-state index is -0.818. The summed E-state index contributed by atoms with van der Waals surface area (Å²) in [6, 6.07) is 0.429. The Morgan fingerprint density at radius 1 is 1.17 bits per heavy atom. The maximum atomic E-state index is 11.4. The molecular formula is C14H20N2O2. The van der Waals surface area contributed by atoms with Crippen molar-refractivity contribution >= 4 is 5.97 Å². The molecule has 0 atom stereocenters. The van der Waals surface area contributed by atoms with Gasteiger partial charge in [0.2, 0.25) is 0 Å². The SMILES string of the molecule is O=C(O)c1cn(C2CCCC2)nc1C1CCCC1. The molecule has 2 aliphatic rings. The monoisotopic (exact) mass is 248 g/mol. The first-order valence-electron chi connectivity index (χ1n) is 7.08. The van der Waals surface area contributed by atoms with E-state index < -0.39 is 5.97 Å². The fourth-order valence-electron chi connectivity index (χ4n) is 3.43. The molecule has 18 heavy (non-hydrogen) atoms. The first-order chi connectivity index (χ1) is 8.75. The Bertz CT molecular complexity index is 441. The van der Waals surface area contributed by atoms with Crippen LogP contribution < -0.4 is 0 Å². The number of hydrogen-bond donors (Lipinski definition) is 1. The van der Waals surface area contributed by atoms with Crippen molar-refractivity contribution in [3.8, 4) is 0 Å². The van der Waals surface area contributed by atoms with Gasteiger partial charge >= 0.3 is 5.97 Å². The summed E-state index contributed by atoms with van der Waals surface area (Å²) in [6.45, 7) is 0. The molecule has 2 fully saturated rings. The predicted octanol–water partition coefficient (Wildman–Crippen LogP) is 3.35. The molecule has 0 amide bonds. The van der Waals surface area contributed by atoms with E-state index in [0.717, 1.165) is 31.4 Å². The fraction of sp³-hybridized carbons (Fsp3) is 0.714. The normalized spacial score (nSPS) is 21.8. The van der Waals surface area contributed by atoms with Crippen molar-refractivity contribution in [3.05, 3.63) is 17.5 Å². The molecule has 1 N–H and O–H groups in total. The van der Waals surface area contributed by atoms with Crippen LogP contribution in [0.1, 0.15) is 79.4 Å². The highest BCUT2D eigenvalue weighted by molar-refractivity contribution is 5.88. The van der Waals surface area contributed by atoms with Gasteiger partial charge in [0.05, 0.1) is 11.7 Å². The third kappa shape index (κ3) is 2.04. The fourth-order valence-corrected chi connectivity index (χ4v) is 3.43. The van der Waals surface area contributed by atoms with Gasteiger partial charge in [-0.15, -0.1) is 0 Å². The van der Waals surface area contributed by atoms with E-state index in [1.807, 2.05) is 4.68 Å². The van der Waals surface area contributed by atoms with Gasteiger partial charge in [0, 0.05) is 12.1 Å². The molecule has 2 saturated carbocycles. The molecule has 1 aromatic rings. The summed E-state index contributed by atoms with van der Waals surface area (Å²) in [5, 5.41) is 14.0. The third-order valence-corrected chi connectivity index (χ3v) is 4.43. The van der Waals surface area contributed by atoms with Gasteiger partial charge in [-0.05, 0) is 25.7 Å². The molecule has 98 valence electrons. The Morgan fingerprint density at radius 2 is 1.78 bits per heavy atom. The van der Waals surface area contributed by atoms with Crippen LogP contribution in [0.3, 0.4) is 0 Å². The van der Waals surface area contributed by atoms with Gasteiger partial charge in [0.25, 0.3) is 0 Å². The van der Waals surface area contributed by atoms with Gasteiger partial charge in [-0.25, -0.2) is 4.79 Å². The van der Waals surface area contributed by atoms with E-state index in [1.165, 1.54) is 25.7 Å². The average molecular weight is 248 g/mol. The van der Waals surface area contributed by atoms with Crippen molar-refractivity contribution in [3.63, 3.8) is 0 Å². The van der Waals surface area contributed by atoms with Crippen LogP contribution in [-0.4, -0.2) is 20.9 Å². The lowest BCUT2D eigenvalue weighted by molar-refractivity contribution is 0.0695. The lowest BCUT2D eigenvalue weighted by Gasteiger charge is -2.10. The summed E-state index contributed by atoms with van der Waals surface area (Å²) in [5.74, 6) is -0.445. The molecule has 0 unspecified atom stereocenters. The van der Waals surface area contributed by atoms with Gasteiger partial charge in [-0.2, -0.15) is 5.10 Å². The maximum absolute atomic E-state index is 11.4. The molecule has 2 aliphatic carbocycles. The summed E-state index contributed by atoms with van der Waals surface area (Å²) in [7, 11) is 0. The van der Waals surface area contributed by atoms with E-state index in [4.69, 9.17) is 0 Å². The molecular weight excluding hydrogens is 228 g/mol. The zero-order valence-electron chi connectivity index (χ0n) is 10.6. The number of hydrogen-bond acceptors (Lipinski definition) is 2. The second-order valence-electron chi connectivity index (χ2n) is 5.63. The van der Waals surface area contributed by atoms with Crippen molar-refractivity contribution in [2.45, 2.75) is 63.3 Å². The molecule has 3 rings (SSSR count). The molecule has 0 aliphatic heterocycles. The topological polar surface area (TPSA) is 55.1 Å². The third-order valence-electron chi connectivity index (χ3n) is 4.43. The Balaban J connectivity index is 1.92. The van der Waals surface area contributed by atoms with Gasteiger partial charge in [0.1, 0.15) is 5.56 Å². The zero-order valence-corrected chi connectivity index (χ0v) is 10.6. The Kier molecular flexibility index (Phi) is 3.10. The van der Waals surface area contributed by atoms with Crippen LogP contribution in [0.15, 0.2) is 6.20 Å². The first-order valence-corrected chi connectivity index (χ1v) is 7.08. The molecule has 4 heteroatoms. The second-order valence-corrected chi connectivity index (χ2v) is 5.63. The Hall–Kier alpha value is -1.32. The molecule has 4 nitrogen and oxygen atoms in total. The predicted molar refractivity (Wildman–Crippen MR) is 67.9 cm³/mol. The smallest absolute Gasteiger partial charge is 0.339 e. The standard InChI is InChI=1S/C14H20N2O2/c17-14(18)12-9-16(11-7-3-4-8-11)15-13(12)10-5-1-2-6-10/h9-11H,1-8H2,(H,17,18). The molecule has 0 aromatic carbocycles. The van der Waals surface area contributed by atoms with Crippen LogP contribution in [0.2, 0.25) is 0 Å². The molecule has 1 heterocycles. The Morgan fingerprint density at radius 3 is 2.39 bits per heavy atom. The molecule has 0 saturated heterocycles. The number of carbonyl (C=O) groups is 1. The van der Waals surface area contributed by atoms with Crippen molar-refractivity contribution < 1.29 is 9.90 Å². The first kappa shape index (κ1) is 11.8. The zero-order chi connectivity index (χ0) is 12.5. The van der Waals surface area contributed by atoms with Gasteiger partial charge in [0.15, 0.2) is 0 Å². The van der Waals surface area contributed by atoms with Crippen LogP contribution in [0.4, 0.5) is 0 Å². The summed E-state index contributed by atoms with van der Waals surface area (Å²) in [6.07, 6.45) is 11.2. The van der Waals surface area contributed by atoms with Gasteiger partial charge in [-0.1, -0.05) is 25.7 Å². The highest BCUT2D eigenvalue weighted by Gasteiger charge is 2.28. The quantitative estimate of drug-likeness (QED) is 0.892. The number of nitrogens with zero attached hydrogens (tertiary/aromatic N) is 2. The van der Waals surface area contributed by atoms with Crippen LogP contribution in [0, 0.1) is 0 Å². The van der Waals surface area contributed by atoms with Crippen molar-refractivity contribution in [2.24, 2.45) is 0 Å². The van der Waals surface area contributed by atoms with Crippen molar-refractivity contribution in [1.82, 2.24) is 9.78 Å². The summed E-state index contributed by atoms with van der Waals surface area (Å²) in [5.41, 5.74) is 1.28. The van der Waals surface area contributed by atoms with Crippen molar-refractivity contribution in [2.75, 3.05) is 0 Å². The number of aromatic carboxylic acids is 1. The van der Waals surface area contributed by atoms with Crippen LogP contribution in [0.25, 0.3) is 0 Å². The van der Waals surface area contributed by atoms with Crippen LogP contribution >= 0.6 is 0 Å². The van der Waals surface area contributed by atoms with E-state index in [1.54, 1.807) is 6.20 Å². The lowest BCUT2D eigenvalue weighted by atomic mass is 10.0. The molecule has 0 spiro atoms.